The Morgan fingerprint density at radius 3 is 2.44 bits per heavy atom. The summed E-state index contributed by atoms with van der Waals surface area (Å²) in [5.74, 6) is -3.87. The van der Waals surface area contributed by atoms with Crippen LogP contribution in [0.15, 0.2) is 42.5 Å². The molecule has 0 saturated heterocycles. The second-order valence-electron chi connectivity index (χ2n) is 5.78. The molecule has 1 unspecified atom stereocenters. The first-order valence-corrected chi connectivity index (χ1v) is 8.24. The number of hydrogen-bond donors (Lipinski definition) is 3. The van der Waals surface area contributed by atoms with Crippen molar-refractivity contribution in [2.24, 2.45) is 0 Å². The fourth-order valence-electron chi connectivity index (χ4n) is 2.28. The lowest BCUT2D eigenvalue weighted by Crippen LogP contribution is -2.38. The van der Waals surface area contributed by atoms with Gasteiger partial charge in [-0.25, -0.2) is 8.78 Å². The zero-order valence-corrected chi connectivity index (χ0v) is 14.7. The maximum atomic E-state index is 13.6. The molecule has 0 aliphatic carbocycles. The van der Waals surface area contributed by atoms with Crippen molar-refractivity contribution in [3.05, 3.63) is 65.2 Å². The van der Waals surface area contributed by atoms with Crippen molar-refractivity contribution in [3.8, 4) is 0 Å². The van der Waals surface area contributed by atoms with Gasteiger partial charge in [0.2, 0.25) is 0 Å². The van der Waals surface area contributed by atoms with Crippen molar-refractivity contribution in [2.45, 2.75) is 13.0 Å². The van der Waals surface area contributed by atoms with Gasteiger partial charge in [0, 0.05) is 12.6 Å². The van der Waals surface area contributed by atoms with E-state index in [1.807, 2.05) is 31.2 Å². The SMILES string of the molecule is Cc1ccc(C(CNC(=O)C(=O)Nc2ccc(F)cc2F)OCCO)cc1. The molecular weight excluding hydrogens is 358 g/mol. The number of anilines is 1. The summed E-state index contributed by atoms with van der Waals surface area (Å²) in [5.41, 5.74) is 1.51. The molecule has 2 aromatic rings. The maximum Gasteiger partial charge on any atom is 0.313 e. The minimum absolute atomic E-state index is 0.0266. The van der Waals surface area contributed by atoms with Crippen molar-refractivity contribution >= 4 is 17.5 Å². The number of nitrogens with one attached hydrogen (secondary N) is 2. The lowest BCUT2D eigenvalue weighted by molar-refractivity contribution is -0.136. The topological polar surface area (TPSA) is 87.7 Å². The van der Waals surface area contributed by atoms with Crippen molar-refractivity contribution in [3.63, 3.8) is 0 Å². The highest BCUT2D eigenvalue weighted by atomic mass is 19.1. The molecule has 2 rings (SSSR count). The Hall–Kier alpha value is -2.84. The maximum absolute atomic E-state index is 13.6. The molecule has 0 aliphatic heterocycles. The number of carbonyl (C=O) groups is 2. The molecule has 0 aliphatic rings. The minimum atomic E-state index is -1.09. The molecule has 0 aromatic heterocycles. The summed E-state index contributed by atoms with van der Waals surface area (Å²) in [7, 11) is 0. The van der Waals surface area contributed by atoms with Gasteiger partial charge in [0.15, 0.2) is 0 Å². The van der Waals surface area contributed by atoms with Crippen LogP contribution in [-0.4, -0.2) is 36.7 Å². The average molecular weight is 378 g/mol. The summed E-state index contributed by atoms with van der Waals surface area (Å²) >= 11 is 0. The number of hydrogen-bond acceptors (Lipinski definition) is 4. The number of benzene rings is 2. The van der Waals surface area contributed by atoms with Crippen LogP contribution in [0.4, 0.5) is 14.5 Å². The van der Waals surface area contributed by atoms with E-state index in [1.54, 1.807) is 0 Å². The molecule has 0 fully saturated rings. The van der Waals surface area contributed by atoms with Gasteiger partial charge in [-0.3, -0.25) is 9.59 Å². The summed E-state index contributed by atoms with van der Waals surface area (Å²) < 4.78 is 31.9. The first kappa shape index (κ1) is 20.5. The molecule has 0 spiro atoms. The molecular formula is C19H20F2N2O4. The molecule has 0 bridgehead atoms. The van der Waals surface area contributed by atoms with Gasteiger partial charge in [0.1, 0.15) is 11.6 Å². The van der Waals surface area contributed by atoms with Crippen LogP contribution in [0.5, 0.6) is 0 Å². The summed E-state index contributed by atoms with van der Waals surface area (Å²) in [4.78, 5) is 23.9. The molecule has 27 heavy (non-hydrogen) atoms. The summed E-state index contributed by atoms with van der Waals surface area (Å²) in [6, 6.07) is 9.97. The Labute approximate surface area is 155 Å². The lowest BCUT2D eigenvalue weighted by Gasteiger charge is -2.18. The zero-order valence-electron chi connectivity index (χ0n) is 14.7. The number of rotatable bonds is 7. The highest BCUT2D eigenvalue weighted by Crippen LogP contribution is 2.18. The molecule has 0 heterocycles. The third kappa shape index (κ3) is 6.12. The van der Waals surface area contributed by atoms with Gasteiger partial charge in [0.25, 0.3) is 0 Å². The standard InChI is InChI=1S/C19H20F2N2O4/c1-12-2-4-13(5-3-12)17(27-9-8-24)11-22-18(25)19(26)23-16-7-6-14(20)10-15(16)21/h2-7,10,17,24H,8-9,11H2,1H3,(H,22,25)(H,23,26). The molecule has 144 valence electrons. The van der Waals surface area contributed by atoms with Gasteiger partial charge in [-0.2, -0.15) is 0 Å². The summed E-state index contributed by atoms with van der Waals surface area (Å²) in [6.07, 6.45) is -0.572. The van der Waals surface area contributed by atoms with E-state index in [0.29, 0.717) is 6.07 Å². The van der Waals surface area contributed by atoms with Crippen molar-refractivity contribution < 1.29 is 28.2 Å². The van der Waals surface area contributed by atoms with Crippen LogP contribution in [0, 0.1) is 18.6 Å². The number of amides is 2. The van der Waals surface area contributed by atoms with Crippen LogP contribution < -0.4 is 10.6 Å². The van der Waals surface area contributed by atoms with Crippen LogP contribution in [0.3, 0.4) is 0 Å². The van der Waals surface area contributed by atoms with Crippen LogP contribution in [0.25, 0.3) is 0 Å². The minimum Gasteiger partial charge on any atom is -0.394 e. The molecule has 2 amide bonds. The number of carbonyl (C=O) groups excluding carboxylic acids is 2. The zero-order chi connectivity index (χ0) is 19.8. The van der Waals surface area contributed by atoms with E-state index in [4.69, 9.17) is 9.84 Å². The summed E-state index contributed by atoms with van der Waals surface area (Å²) in [5, 5.41) is 13.4. The predicted molar refractivity (Wildman–Crippen MR) is 95.0 cm³/mol. The Bertz CT molecular complexity index is 797. The van der Waals surface area contributed by atoms with Gasteiger partial charge in [-0.15, -0.1) is 0 Å². The predicted octanol–water partition coefficient (Wildman–Crippen LogP) is 2.08. The number of aliphatic hydroxyl groups is 1. The van der Waals surface area contributed by atoms with Gasteiger partial charge < -0.3 is 20.5 Å². The smallest absolute Gasteiger partial charge is 0.313 e. The summed E-state index contributed by atoms with van der Waals surface area (Å²) in [6.45, 7) is 1.76. The van der Waals surface area contributed by atoms with Crippen LogP contribution in [0.1, 0.15) is 17.2 Å². The van der Waals surface area contributed by atoms with Gasteiger partial charge in [-0.1, -0.05) is 29.8 Å². The van der Waals surface area contributed by atoms with Gasteiger partial charge >= 0.3 is 11.8 Å². The quantitative estimate of drug-likeness (QED) is 0.644. The highest BCUT2D eigenvalue weighted by Gasteiger charge is 2.19. The number of aryl methyl sites for hydroxylation is 1. The number of ether oxygens (including phenoxy) is 1. The first-order chi connectivity index (χ1) is 12.9. The lowest BCUT2D eigenvalue weighted by atomic mass is 10.1. The van der Waals surface area contributed by atoms with Gasteiger partial charge in [-0.05, 0) is 24.6 Å². The van der Waals surface area contributed by atoms with Gasteiger partial charge in [0.05, 0.1) is 25.0 Å². The second-order valence-corrected chi connectivity index (χ2v) is 5.78. The van der Waals surface area contributed by atoms with E-state index in [0.717, 1.165) is 23.3 Å². The third-order valence-electron chi connectivity index (χ3n) is 3.69. The van der Waals surface area contributed by atoms with Crippen LogP contribution in [0.2, 0.25) is 0 Å². The first-order valence-electron chi connectivity index (χ1n) is 8.24. The second kappa shape index (κ2) is 9.75. The van der Waals surface area contributed by atoms with E-state index < -0.39 is 29.6 Å². The monoisotopic (exact) mass is 378 g/mol. The molecule has 3 N–H and O–H groups in total. The normalized spacial score (nSPS) is 11.7. The molecule has 2 aromatic carbocycles. The fraction of sp³-hybridized carbons (Fsp3) is 0.263. The molecule has 1 atom stereocenters. The van der Waals surface area contributed by atoms with E-state index in [2.05, 4.69) is 10.6 Å². The Morgan fingerprint density at radius 1 is 1.11 bits per heavy atom. The Morgan fingerprint density at radius 2 is 1.81 bits per heavy atom. The third-order valence-corrected chi connectivity index (χ3v) is 3.69. The van der Waals surface area contributed by atoms with E-state index in [1.165, 1.54) is 0 Å². The Balaban J connectivity index is 1.97. The number of halogens is 2. The molecule has 0 radical (unpaired) electrons. The van der Waals surface area contributed by atoms with Crippen molar-refractivity contribution in [1.29, 1.82) is 0 Å². The molecule has 6 nitrogen and oxygen atoms in total. The number of aliphatic hydroxyl groups excluding tert-OH is 1. The highest BCUT2D eigenvalue weighted by molar-refractivity contribution is 6.39. The van der Waals surface area contributed by atoms with Crippen LogP contribution >= 0.6 is 0 Å². The van der Waals surface area contributed by atoms with E-state index in [-0.39, 0.29) is 25.4 Å². The van der Waals surface area contributed by atoms with E-state index in [9.17, 15) is 18.4 Å². The van der Waals surface area contributed by atoms with Crippen molar-refractivity contribution in [1.82, 2.24) is 5.32 Å². The Kier molecular flexibility index (Phi) is 7.39. The average Bonchev–Trinajstić information content (AvgIpc) is 2.64. The molecule has 0 saturated carbocycles. The fourth-order valence-corrected chi connectivity index (χ4v) is 2.28. The molecule has 8 heteroatoms. The largest absolute Gasteiger partial charge is 0.394 e. The van der Waals surface area contributed by atoms with Crippen molar-refractivity contribution in [2.75, 3.05) is 25.1 Å². The van der Waals surface area contributed by atoms with E-state index >= 15 is 0 Å². The van der Waals surface area contributed by atoms with Crippen LogP contribution in [-0.2, 0) is 14.3 Å².